The number of nitrogens with one attached hydrogen (secondary N) is 3. The third kappa shape index (κ3) is 14.1. The summed E-state index contributed by atoms with van der Waals surface area (Å²) in [6.07, 6.45) is -0.264. The largest absolute Gasteiger partial charge is 0.446 e. The molecule has 14 heteroatoms. The highest BCUT2D eigenvalue weighted by molar-refractivity contribution is 6.01. The molecular formula is C19H32N4O10. The minimum Gasteiger partial charge on any atom is -0.446 e. The van der Waals surface area contributed by atoms with Crippen molar-refractivity contribution in [1.29, 1.82) is 0 Å². The van der Waals surface area contributed by atoms with E-state index >= 15 is 0 Å². The van der Waals surface area contributed by atoms with Gasteiger partial charge in [0.05, 0.1) is 39.6 Å². The summed E-state index contributed by atoms with van der Waals surface area (Å²) in [6, 6.07) is 0. The van der Waals surface area contributed by atoms with E-state index in [1.54, 1.807) is 7.05 Å². The van der Waals surface area contributed by atoms with Gasteiger partial charge in [0.1, 0.15) is 6.61 Å². The van der Waals surface area contributed by atoms with Gasteiger partial charge in [-0.2, -0.15) is 0 Å². The van der Waals surface area contributed by atoms with Gasteiger partial charge < -0.3 is 29.1 Å². The van der Waals surface area contributed by atoms with Gasteiger partial charge in [-0.25, -0.2) is 15.0 Å². The van der Waals surface area contributed by atoms with Crippen molar-refractivity contribution >= 4 is 29.8 Å². The van der Waals surface area contributed by atoms with Crippen LogP contribution in [0.5, 0.6) is 0 Å². The second-order valence-electron chi connectivity index (χ2n) is 6.60. The molecule has 1 fully saturated rings. The molecule has 1 aliphatic rings. The minimum atomic E-state index is -0.731. The van der Waals surface area contributed by atoms with Crippen molar-refractivity contribution in [1.82, 2.24) is 21.2 Å². The Morgan fingerprint density at radius 1 is 0.848 bits per heavy atom. The maximum absolute atomic E-state index is 11.7. The van der Waals surface area contributed by atoms with Crippen molar-refractivity contribution < 1.29 is 47.8 Å². The van der Waals surface area contributed by atoms with E-state index < -0.39 is 23.9 Å². The van der Waals surface area contributed by atoms with Crippen LogP contribution >= 0.6 is 0 Å². The van der Waals surface area contributed by atoms with Gasteiger partial charge in [-0.05, 0) is 6.42 Å². The van der Waals surface area contributed by atoms with Gasteiger partial charge in [0.2, 0.25) is 5.91 Å². The van der Waals surface area contributed by atoms with Gasteiger partial charge in [0.15, 0.2) is 0 Å². The van der Waals surface area contributed by atoms with Gasteiger partial charge >= 0.3 is 12.1 Å². The zero-order valence-corrected chi connectivity index (χ0v) is 18.7. The Kier molecular flexibility index (Phi) is 15.1. The number of hydroxylamine groups is 2. The first-order valence-corrected chi connectivity index (χ1v) is 10.6. The molecule has 1 aliphatic heterocycles. The van der Waals surface area contributed by atoms with E-state index in [0.717, 1.165) is 0 Å². The van der Waals surface area contributed by atoms with Crippen LogP contribution < -0.4 is 16.2 Å². The van der Waals surface area contributed by atoms with Gasteiger partial charge in [0.25, 0.3) is 11.8 Å². The lowest BCUT2D eigenvalue weighted by Crippen LogP contribution is -2.35. The molecule has 33 heavy (non-hydrogen) atoms. The van der Waals surface area contributed by atoms with E-state index in [2.05, 4.69) is 16.2 Å². The molecule has 0 aliphatic carbocycles. The standard InChI is InChI=1S/C19H32N4O10/c1-20-22-19(28)32-14-13-31-12-11-30-10-9-29-8-7-21-15(24)3-2-4-18(27)33-23-16(25)5-6-17(23)26/h20H,2-14H2,1H3,(H,21,24)(H,22,28). The highest BCUT2D eigenvalue weighted by Gasteiger charge is 2.32. The first kappa shape index (κ1) is 28.2. The summed E-state index contributed by atoms with van der Waals surface area (Å²) in [5, 5.41) is 3.14. The summed E-state index contributed by atoms with van der Waals surface area (Å²) in [5.74, 6) is -2.06. The number of imide groups is 1. The Morgan fingerprint density at radius 2 is 1.42 bits per heavy atom. The molecule has 0 spiro atoms. The average Bonchev–Trinajstić information content (AvgIpc) is 3.09. The molecule has 0 radical (unpaired) electrons. The van der Waals surface area contributed by atoms with Crippen molar-refractivity contribution in [2.24, 2.45) is 0 Å². The van der Waals surface area contributed by atoms with Crippen LogP contribution in [-0.4, -0.2) is 94.7 Å². The van der Waals surface area contributed by atoms with Gasteiger partial charge in [-0.3, -0.25) is 19.8 Å². The molecule has 0 unspecified atom stereocenters. The number of hydrogen-bond donors (Lipinski definition) is 3. The maximum atomic E-state index is 11.7. The van der Waals surface area contributed by atoms with E-state index in [-0.39, 0.29) is 51.2 Å². The molecule has 4 amide bonds. The zero-order valence-electron chi connectivity index (χ0n) is 18.7. The van der Waals surface area contributed by atoms with Gasteiger partial charge in [-0.1, -0.05) is 0 Å². The third-order valence-electron chi connectivity index (χ3n) is 3.98. The molecule has 0 atom stereocenters. The topological polar surface area (TPSA) is 171 Å². The molecule has 0 saturated carbocycles. The molecule has 1 heterocycles. The van der Waals surface area contributed by atoms with Crippen molar-refractivity contribution in [2.45, 2.75) is 32.1 Å². The fraction of sp³-hybridized carbons (Fsp3) is 0.737. The number of carbonyl (C=O) groups is 5. The molecule has 0 aromatic carbocycles. The summed E-state index contributed by atoms with van der Waals surface area (Å²) in [7, 11) is 1.55. The highest BCUT2D eigenvalue weighted by atomic mass is 16.7. The predicted octanol–water partition coefficient (Wildman–Crippen LogP) is -1.21. The Morgan fingerprint density at radius 3 is 2.03 bits per heavy atom. The van der Waals surface area contributed by atoms with Crippen molar-refractivity contribution in [3.8, 4) is 0 Å². The number of rotatable bonds is 18. The zero-order chi connectivity index (χ0) is 24.3. The smallest absolute Gasteiger partial charge is 0.421 e. The van der Waals surface area contributed by atoms with E-state index in [9.17, 15) is 24.0 Å². The minimum absolute atomic E-state index is 0.0346. The van der Waals surface area contributed by atoms with Crippen molar-refractivity contribution in [2.75, 3.05) is 59.8 Å². The van der Waals surface area contributed by atoms with Crippen molar-refractivity contribution in [3.05, 3.63) is 0 Å². The summed E-state index contributed by atoms with van der Waals surface area (Å²) in [4.78, 5) is 61.7. The molecule has 0 aromatic rings. The van der Waals surface area contributed by atoms with Gasteiger partial charge in [-0.15, -0.1) is 5.06 Å². The van der Waals surface area contributed by atoms with Crippen LogP contribution in [0.1, 0.15) is 32.1 Å². The van der Waals surface area contributed by atoms with Crippen LogP contribution in [0.3, 0.4) is 0 Å². The number of hydrazine groups is 1. The van der Waals surface area contributed by atoms with Crippen LogP contribution in [-0.2, 0) is 43.0 Å². The first-order valence-electron chi connectivity index (χ1n) is 10.6. The highest BCUT2D eigenvalue weighted by Crippen LogP contribution is 2.13. The lowest BCUT2D eigenvalue weighted by Gasteiger charge is -2.12. The molecule has 1 saturated heterocycles. The number of hydrogen-bond acceptors (Lipinski definition) is 11. The van der Waals surface area contributed by atoms with Crippen molar-refractivity contribution in [3.63, 3.8) is 0 Å². The molecule has 0 bridgehead atoms. The normalized spacial score (nSPS) is 13.2. The summed E-state index contributed by atoms with van der Waals surface area (Å²) in [5.41, 5.74) is 4.69. The molecule has 0 aromatic heterocycles. The lowest BCUT2D eigenvalue weighted by molar-refractivity contribution is -0.197. The first-order chi connectivity index (χ1) is 15.9. The van der Waals surface area contributed by atoms with Crippen LogP contribution in [0.4, 0.5) is 4.79 Å². The molecule has 14 nitrogen and oxygen atoms in total. The second-order valence-corrected chi connectivity index (χ2v) is 6.60. The second kappa shape index (κ2) is 17.7. The third-order valence-corrected chi connectivity index (χ3v) is 3.98. The Hall–Kier alpha value is -2.81. The van der Waals surface area contributed by atoms with Gasteiger partial charge in [0, 0.05) is 39.3 Å². The van der Waals surface area contributed by atoms with Crippen LogP contribution in [0.2, 0.25) is 0 Å². The average molecular weight is 476 g/mol. The number of ether oxygens (including phenoxy) is 4. The molecule has 1 rings (SSSR count). The maximum Gasteiger partial charge on any atom is 0.421 e. The Balaban J connectivity index is 1.84. The van der Waals surface area contributed by atoms with E-state index in [0.29, 0.717) is 44.6 Å². The fourth-order valence-electron chi connectivity index (χ4n) is 2.42. The van der Waals surface area contributed by atoms with Crippen LogP contribution in [0, 0.1) is 0 Å². The molecular weight excluding hydrogens is 444 g/mol. The SMILES string of the molecule is CNNC(=O)OCCOCCOCCOCCNC(=O)CCCC(=O)ON1C(=O)CCC1=O. The summed E-state index contributed by atoms with van der Waals surface area (Å²) in [6.45, 7) is 2.44. The number of carbonyl (C=O) groups excluding carboxylic acids is 5. The predicted molar refractivity (Wildman–Crippen MR) is 110 cm³/mol. The van der Waals surface area contributed by atoms with E-state index in [1.807, 2.05) is 0 Å². The van der Waals surface area contributed by atoms with E-state index in [4.69, 9.17) is 23.8 Å². The van der Waals surface area contributed by atoms with Crippen LogP contribution in [0.15, 0.2) is 0 Å². The van der Waals surface area contributed by atoms with Crippen LogP contribution in [0.25, 0.3) is 0 Å². The molecule has 3 N–H and O–H groups in total. The quantitative estimate of drug-likeness (QED) is 0.123. The lowest BCUT2D eigenvalue weighted by atomic mass is 10.2. The Bertz CT molecular complexity index is 630. The Labute approximate surface area is 191 Å². The monoisotopic (exact) mass is 476 g/mol. The fourth-order valence-corrected chi connectivity index (χ4v) is 2.42. The molecule has 188 valence electrons. The van der Waals surface area contributed by atoms with E-state index in [1.165, 1.54) is 0 Å². The number of amides is 4. The summed E-state index contributed by atoms with van der Waals surface area (Å²) < 4.78 is 20.6. The summed E-state index contributed by atoms with van der Waals surface area (Å²) >= 11 is 0. The number of nitrogens with zero attached hydrogens (tertiary/aromatic N) is 1.